The number of nitrogens with one attached hydrogen (secondary N) is 2. The Bertz CT molecular complexity index is 818. The summed E-state index contributed by atoms with van der Waals surface area (Å²) in [5.41, 5.74) is 2.14. The zero-order chi connectivity index (χ0) is 18.8. The first-order valence-corrected chi connectivity index (χ1v) is 9.43. The number of nitrogens with zero attached hydrogens (tertiary/aromatic N) is 2. The molecule has 7 heteroatoms. The summed E-state index contributed by atoms with van der Waals surface area (Å²) in [6, 6.07) is 9.52. The van der Waals surface area contributed by atoms with Crippen molar-refractivity contribution in [2.45, 2.75) is 31.7 Å². The number of hydrogen-bond acceptors (Lipinski definition) is 4. The number of carbonyl (C=O) groups is 2. The first-order chi connectivity index (χ1) is 13.1. The van der Waals surface area contributed by atoms with E-state index in [-0.39, 0.29) is 23.8 Å². The Kier molecular flexibility index (Phi) is 4.83. The Morgan fingerprint density at radius 2 is 1.85 bits per heavy atom. The van der Waals surface area contributed by atoms with Gasteiger partial charge in [0.2, 0.25) is 5.91 Å². The Morgan fingerprint density at radius 1 is 1.15 bits per heavy atom. The quantitative estimate of drug-likeness (QED) is 0.847. The van der Waals surface area contributed by atoms with Crippen LogP contribution in [0.1, 0.15) is 36.2 Å². The van der Waals surface area contributed by atoms with Gasteiger partial charge in [0.1, 0.15) is 11.4 Å². The smallest absolute Gasteiger partial charge is 0.271 e. The fourth-order valence-electron chi connectivity index (χ4n) is 3.40. The predicted octanol–water partition coefficient (Wildman–Crippen LogP) is 2.22. The van der Waals surface area contributed by atoms with E-state index in [0.29, 0.717) is 18.8 Å². The van der Waals surface area contributed by atoms with Gasteiger partial charge in [0.15, 0.2) is 0 Å². The lowest BCUT2D eigenvalue weighted by molar-refractivity contribution is -0.123. The summed E-state index contributed by atoms with van der Waals surface area (Å²) in [7, 11) is 1.63. The van der Waals surface area contributed by atoms with Crippen molar-refractivity contribution in [3.05, 3.63) is 36.0 Å². The molecule has 2 amide bonds. The standard InChI is InChI=1S/C20H24N4O3/c1-27-16-6-4-13(5-7-16)17-12-18(23-22-17)20(26)24-10-8-15(9-11-24)21-19(25)14-2-3-14/h4-7,12,14-15H,2-3,8-11H2,1H3,(H,21,25)(H,22,23). The molecular formula is C20H24N4O3. The van der Waals surface area contributed by atoms with Gasteiger partial charge in [-0.05, 0) is 56.0 Å². The van der Waals surface area contributed by atoms with Crippen LogP contribution < -0.4 is 10.1 Å². The number of carbonyl (C=O) groups excluding carboxylic acids is 2. The van der Waals surface area contributed by atoms with Gasteiger partial charge in [-0.1, -0.05) is 0 Å². The lowest BCUT2D eigenvalue weighted by Crippen LogP contribution is -2.47. The Morgan fingerprint density at radius 3 is 2.48 bits per heavy atom. The van der Waals surface area contributed by atoms with Crippen LogP contribution in [0.3, 0.4) is 0 Å². The van der Waals surface area contributed by atoms with Gasteiger partial charge in [-0.25, -0.2) is 0 Å². The number of H-pyrrole nitrogens is 1. The Labute approximate surface area is 158 Å². The highest BCUT2D eigenvalue weighted by molar-refractivity contribution is 5.93. The zero-order valence-electron chi connectivity index (χ0n) is 15.4. The summed E-state index contributed by atoms with van der Waals surface area (Å²) in [5, 5.41) is 10.2. The van der Waals surface area contributed by atoms with Gasteiger partial charge in [-0.2, -0.15) is 5.10 Å². The summed E-state index contributed by atoms with van der Waals surface area (Å²) in [6.45, 7) is 1.29. The molecule has 1 aromatic carbocycles. The molecule has 2 heterocycles. The van der Waals surface area contributed by atoms with Crippen LogP contribution >= 0.6 is 0 Å². The molecule has 7 nitrogen and oxygen atoms in total. The van der Waals surface area contributed by atoms with Crippen molar-refractivity contribution in [2.24, 2.45) is 5.92 Å². The van der Waals surface area contributed by atoms with E-state index in [0.717, 1.165) is 42.7 Å². The number of aromatic amines is 1. The van der Waals surface area contributed by atoms with Crippen molar-refractivity contribution in [3.63, 3.8) is 0 Å². The summed E-state index contributed by atoms with van der Waals surface area (Å²) in [5.74, 6) is 1.14. The van der Waals surface area contributed by atoms with Gasteiger partial charge in [0.05, 0.1) is 12.8 Å². The van der Waals surface area contributed by atoms with Crippen molar-refractivity contribution >= 4 is 11.8 Å². The molecule has 0 radical (unpaired) electrons. The topological polar surface area (TPSA) is 87.3 Å². The fraction of sp³-hybridized carbons (Fsp3) is 0.450. The van der Waals surface area contributed by atoms with Gasteiger partial charge >= 0.3 is 0 Å². The number of ether oxygens (including phenoxy) is 1. The minimum atomic E-state index is -0.0470. The summed E-state index contributed by atoms with van der Waals surface area (Å²) in [4.78, 5) is 26.4. The van der Waals surface area contributed by atoms with Crippen LogP contribution in [-0.4, -0.2) is 53.2 Å². The number of likely N-dealkylation sites (tertiary alicyclic amines) is 1. The summed E-state index contributed by atoms with van der Waals surface area (Å²) >= 11 is 0. The number of methoxy groups -OCH3 is 1. The van der Waals surface area contributed by atoms with Gasteiger partial charge in [0, 0.05) is 30.6 Å². The average Bonchev–Trinajstić information content (AvgIpc) is 3.45. The molecule has 2 N–H and O–H groups in total. The van der Waals surface area contributed by atoms with Crippen LogP contribution in [0.5, 0.6) is 5.75 Å². The predicted molar refractivity (Wildman–Crippen MR) is 100 cm³/mol. The second-order valence-electron chi connectivity index (χ2n) is 7.24. The third-order valence-corrected chi connectivity index (χ3v) is 5.27. The van der Waals surface area contributed by atoms with Gasteiger partial charge in [-0.15, -0.1) is 0 Å². The average molecular weight is 368 g/mol. The molecule has 1 saturated heterocycles. The van der Waals surface area contributed by atoms with Crippen LogP contribution in [-0.2, 0) is 4.79 Å². The Hall–Kier alpha value is -2.83. The van der Waals surface area contributed by atoms with Crippen LogP contribution in [0.25, 0.3) is 11.3 Å². The third-order valence-electron chi connectivity index (χ3n) is 5.27. The molecule has 2 aliphatic rings. The second-order valence-corrected chi connectivity index (χ2v) is 7.24. The maximum absolute atomic E-state index is 12.7. The van der Waals surface area contributed by atoms with Gasteiger partial charge < -0.3 is 15.0 Å². The molecule has 1 aromatic heterocycles. The zero-order valence-corrected chi connectivity index (χ0v) is 15.4. The van der Waals surface area contributed by atoms with Gasteiger partial charge in [0.25, 0.3) is 5.91 Å². The molecule has 1 aliphatic carbocycles. The number of benzene rings is 1. The van der Waals surface area contributed by atoms with Crippen molar-refractivity contribution in [3.8, 4) is 17.0 Å². The highest BCUT2D eigenvalue weighted by Crippen LogP contribution is 2.29. The molecule has 1 aliphatic heterocycles. The summed E-state index contributed by atoms with van der Waals surface area (Å²) in [6.07, 6.45) is 3.62. The molecule has 142 valence electrons. The molecule has 27 heavy (non-hydrogen) atoms. The van der Waals surface area contributed by atoms with Crippen LogP contribution in [0.15, 0.2) is 30.3 Å². The molecule has 4 rings (SSSR count). The highest BCUT2D eigenvalue weighted by atomic mass is 16.5. The van der Waals surface area contributed by atoms with E-state index in [4.69, 9.17) is 4.74 Å². The van der Waals surface area contributed by atoms with Crippen LogP contribution in [0.4, 0.5) is 0 Å². The van der Waals surface area contributed by atoms with Gasteiger partial charge in [-0.3, -0.25) is 14.7 Å². The molecule has 0 spiro atoms. The molecule has 0 bridgehead atoms. The molecule has 0 atom stereocenters. The number of amides is 2. The second kappa shape index (κ2) is 7.42. The lowest BCUT2D eigenvalue weighted by Gasteiger charge is -2.32. The van der Waals surface area contributed by atoms with E-state index in [1.165, 1.54) is 0 Å². The first-order valence-electron chi connectivity index (χ1n) is 9.43. The first kappa shape index (κ1) is 17.6. The molecule has 2 fully saturated rings. The number of rotatable bonds is 5. The lowest BCUT2D eigenvalue weighted by atomic mass is 10.0. The number of aromatic nitrogens is 2. The van der Waals surface area contributed by atoms with Crippen molar-refractivity contribution in [1.82, 2.24) is 20.4 Å². The largest absolute Gasteiger partial charge is 0.497 e. The number of piperidine rings is 1. The van der Waals surface area contributed by atoms with E-state index in [1.54, 1.807) is 13.2 Å². The van der Waals surface area contributed by atoms with E-state index in [9.17, 15) is 9.59 Å². The maximum Gasteiger partial charge on any atom is 0.271 e. The Balaban J connectivity index is 1.34. The summed E-state index contributed by atoms with van der Waals surface area (Å²) < 4.78 is 5.16. The van der Waals surface area contributed by atoms with E-state index in [2.05, 4.69) is 15.5 Å². The molecule has 1 saturated carbocycles. The van der Waals surface area contributed by atoms with E-state index >= 15 is 0 Å². The van der Waals surface area contributed by atoms with Crippen molar-refractivity contribution < 1.29 is 14.3 Å². The monoisotopic (exact) mass is 368 g/mol. The molecule has 0 unspecified atom stereocenters. The fourth-order valence-corrected chi connectivity index (χ4v) is 3.40. The molecule has 2 aromatic rings. The van der Waals surface area contributed by atoms with E-state index in [1.807, 2.05) is 29.2 Å². The van der Waals surface area contributed by atoms with Crippen LogP contribution in [0, 0.1) is 5.92 Å². The van der Waals surface area contributed by atoms with Crippen molar-refractivity contribution in [1.29, 1.82) is 0 Å². The third kappa shape index (κ3) is 3.97. The van der Waals surface area contributed by atoms with Crippen molar-refractivity contribution in [2.75, 3.05) is 20.2 Å². The molecular weight excluding hydrogens is 344 g/mol. The SMILES string of the molecule is COc1ccc(-c2cc(C(=O)N3CCC(NC(=O)C4CC4)CC3)[nH]n2)cc1. The maximum atomic E-state index is 12.7. The minimum absolute atomic E-state index is 0.0470. The number of hydrogen-bond donors (Lipinski definition) is 2. The van der Waals surface area contributed by atoms with E-state index < -0.39 is 0 Å². The minimum Gasteiger partial charge on any atom is -0.497 e. The normalized spacial score (nSPS) is 17.6. The highest BCUT2D eigenvalue weighted by Gasteiger charge is 2.32. The van der Waals surface area contributed by atoms with Crippen LogP contribution in [0.2, 0.25) is 0 Å².